The number of carbonyl (C=O) groups excluding carboxylic acids is 1. The summed E-state index contributed by atoms with van der Waals surface area (Å²) in [5.74, 6) is 0.401. The largest absolute Gasteiger partial charge is 0.497 e. The molecule has 0 aliphatic heterocycles. The average molecular weight is 343 g/mol. The second-order valence-corrected chi connectivity index (χ2v) is 6.60. The van der Waals surface area contributed by atoms with Crippen molar-refractivity contribution in [3.63, 3.8) is 0 Å². The van der Waals surface area contributed by atoms with Gasteiger partial charge in [0.1, 0.15) is 17.9 Å². The van der Waals surface area contributed by atoms with Crippen LogP contribution >= 0.6 is 0 Å². The van der Waals surface area contributed by atoms with Gasteiger partial charge in [0.05, 0.1) is 7.11 Å². The summed E-state index contributed by atoms with van der Waals surface area (Å²) in [7, 11) is 1.59. The Morgan fingerprint density at radius 1 is 1.24 bits per heavy atom. The third-order valence-corrected chi connectivity index (χ3v) is 4.97. The van der Waals surface area contributed by atoms with Crippen LogP contribution in [-0.4, -0.2) is 23.8 Å². The molecule has 1 unspecified atom stereocenters. The molecular formula is C20H25NO4. The molecule has 5 heteroatoms. The first-order chi connectivity index (χ1) is 12.1. The van der Waals surface area contributed by atoms with E-state index >= 15 is 0 Å². The fraction of sp³-hybridized carbons (Fsp3) is 0.500. The van der Waals surface area contributed by atoms with Gasteiger partial charge in [-0.25, -0.2) is 4.79 Å². The van der Waals surface area contributed by atoms with Gasteiger partial charge in [0, 0.05) is 11.6 Å². The zero-order valence-corrected chi connectivity index (χ0v) is 14.9. The van der Waals surface area contributed by atoms with Crippen molar-refractivity contribution in [3.05, 3.63) is 40.8 Å². The van der Waals surface area contributed by atoms with Crippen LogP contribution in [0.25, 0.3) is 10.8 Å². The summed E-state index contributed by atoms with van der Waals surface area (Å²) in [5, 5.41) is 1.38. The maximum absolute atomic E-state index is 12.8. The minimum absolute atomic E-state index is 0.00396. The van der Waals surface area contributed by atoms with E-state index in [9.17, 15) is 9.59 Å². The van der Waals surface area contributed by atoms with Gasteiger partial charge in [-0.1, -0.05) is 13.3 Å². The van der Waals surface area contributed by atoms with Crippen molar-refractivity contribution >= 4 is 16.7 Å². The Morgan fingerprint density at radius 3 is 2.68 bits per heavy atom. The molecule has 3 rings (SSSR count). The molecular weight excluding hydrogens is 318 g/mol. The van der Waals surface area contributed by atoms with Crippen LogP contribution in [0, 0.1) is 0 Å². The summed E-state index contributed by atoms with van der Waals surface area (Å²) < 4.78 is 12.4. The quantitative estimate of drug-likeness (QED) is 0.774. The molecule has 1 aromatic heterocycles. The lowest BCUT2D eigenvalue weighted by molar-refractivity contribution is -0.154. The Kier molecular flexibility index (Phi) is 5.41. The Balaban J connectivity index is 1.88. The molecule has 1 aliphatic rings. The van der Waals surface area contributed by atoms with Crippen molar-refractivity contribution in [2.75, 3.05) is 7.11 Å². The van der Waals surface area contributed by atoms with Gasteiger partial charge in [-0.15, -0.1) is 0 Å². The smallest absolute Gasteiger partial charge is 0.329 e. The third-order valence-electron chi connectivity index (χ3n) is 4.97. The topological polar surface area (TPSA) is 57.5 Å². The third kappa shape index (κ3) is 3.70. The number of carbonyl (C=O) groups is 1. The summed E-state index contributed by atoms with van der Waals surface area (Å²) in [6.07, 6.45) is 7.46. The number of esters is 1. The number of hydrogen-bond donors (Lipinski definition) is 0. The molecule has 0 amide bonds. The number of pyridine rings is 1. The van der Waals surface area contributed by atoms with Crippen molar-refractivity contribution in [3.8, 4) is 5.75 Å². The van der Waals surface area contributed by atoms with Crippen LogP contribution in [0.2, 0.25) is 0 Å². The Bertz CT molecular complexity index is 805. The van der Waals surface area contributed by atoms with Crippen LogP contribution in [-0.2, 0) is 9.53 Å². The van der Waals surface area contributed by atoms with E-state index in [0.29, 0.717) is 17.6 Å². The molecule has 25 heavy (non-hydrogen) atoms. The van der Waals surface area contributed by atoms with E-state index in [4.69, 9.17) is 9.47 Å². The highest BCUT2D eigenvalue weighted by atomic mass is 16.5. The molecule has 0 bridgehead atoms. The number of rotatable bonds is 5. The molecule has 5 nitrogen and oxygen atoms in total. The second-order valence-electron chi connectivity index (χ2n) is 6.60. The first-order valence-electron chi connectivity index (χ1n) is 9.03. The molecule has 1 fully saturated rings. The number of methoxy groups -OCH3 is 1. The summed E-state index contributed by atoms with van der Waals surface area (Å²) in [5.41, 5.74) is -0.174. The molecule has 1 heterocycles. The molecule has 0 N–H and O–H groups in total. The normalized spacial score (nSPS) is 16.6. The second kappa shape index (κ2) is 7.72. The van der Waals surface area contributed by atoms with Crippen LogP contribution in [0.15, 0.2) is 35.3 Å². The highest BCUT2D eigenvalue weighted by Crippen LogP contribution is 2.24. The van der Waals surface area contributed by atoms with E-state index in [0.717, 1.165) is 31.1 Å². The lowest BCUT2D eigenvalue weighted by atomic mass is 9.98. The highest BCUT2D eigenvalue weighted by molar-refractivity contribution is 5.83. The molecule has 2 aromatic rings. The van der Waals surface area contributed by atoms with Gasteiger partial charge in [-0.3, -0.25) is 4.79 Å². The van der Waals surface area contributed by atoms with Crippen molar-refractivity contribution < 1.29 is 14.3 Å². The predicted octanol–water partition coefficient (Wildman–Crippen LogP) is 3.84. The number of aromatic nitrogens is 1. The van der Waals surface area contributed by atoms with Crippen molar-refractivity contribution in [1.29, 1.82) is 0 Å². The fourth-order valence-electron chi connectivity index (χ4n) is 3.52. The number of hydrogen-bond acceptors (Lipinski definition) is 4. The number of fused-ring (bicyclic) bond motifs is 1. The van der Waals surface area contributed by atoms with E-state index in [-0.39, 0.29) is 17.6 Å². The van der Waals surface area contributed by atoms with Crippen LogP contribution in [0.3, 0.4) is 0 Å². The van der Waals surface area contributed by atoms with E-state index in [2.05, 4.69) is 0 Å². The lowest BCUT2D eigenvalue weighted by Gasteiger charge is -2.25. The first kappa shape index (κ1) is 17.5. The molecule has 0 saturated heterocycles. The summed E-state index contributed by atoms with van der Waals surface area (Å²) >= 11 is 0. The van der Waals surface area contributed by atoms with Gasteiger partial charge in [-0.2, -0.15) is 0 Å². The molecule has 1 aromatic carbocycles. The van der Waals surface area contributed by atoms with Gasteiger partial charge < -0.3 is 14.0 Å². The summed E-state index contributed by atoms with van der Waals surface area (Å²) in [6, 6.07) is 6.58. The molecule has 0 radical (unpaired) electrons. The fourth-order valence-corrected chi connectivity index (χ4v) is 3.52. The van der Waals surface area contributed by atoms with Crippen LogP contribution in [0.1, 0.15) is 51.5 Å². The zero-order chi connectivity index (χ0) is 17.8. The summed E-state index contributed by atoms with van der Waals surface area (Å²) in [6.45, 7) is 1.90. The minimum Gasteiger partial charge on any atom is -0.497 e. The number of benzene rings is 1. The van der Waals surface area contributed by atoms with Crippen molar-refractivity contribution in [2.45, 2.75) is 57.6 Å². The van der Waals surface area contributed by atoms with Gasteiger partial charge in [0.2, 0.25) is 0 Å². The van der Waals surface area contributed by atoms with Gasteiger partial charge in [-0.05, 0) is 61.8 Å². The van der Waals surface area contributed by atoms with Crippen molar-refractivity contribution in [1.82, 2.24) is 4.57 Å². The van der Waals surface area contributed by atoms with Crippen molar-refractivity contribution in [2.24, 2.45) is 0 Å². The average Bonchev–Trinajstić information content (AvgIpc) is 2.64. The number of nitrogens with zero attached hydrogens (tertiary/aromatic N) is 1. The molecule has 1 aliphatic carbocycles. The van der Waals surface area contributed by atoms with Gasteiger partial charge >= 0.3 is 5.97 Å². The first-order valence-corrected chi connectivity index (χ1v) is 9.03. The minimum atomic E-state index is -0.582. The van der Waals surface area contributed by atoms with Crippen LogP contribution < -0.4 is 10.3 Å². The van der Waals surface area contributed by atoms with E-state index < -0.39 is 6.04 Å². The summed E-state index contributed by atoms with van der Waals surface area (Å²) in [4.78, 5) is 25.5. The van der Waals surface area contributed by atoms with E-state index in [1.54, 1.807) is 25.4 Å². The maximum atomic E-state index is 12.8. The maximum Gasteiger partial charge on any atom is 0.329 e. The Hall–Kier alpha value is -2.30. The van der Waals surface area contributed by atoms with E-state index in [1.165, 1.54) is 11.0 Å². The molecule has 1 atom stereocenters. The molecule has 0 spiro atoms. The zero-order valence-electron chi connectivity index (χ0n) is 14.9. The molecule has 1 saturated carbocycles. The standard InChI is InChI=1S/C20H25NO4/c1-3-18(20(23)25-15-7-5-4-6-8-15)21-12-11-14-13-16(24-2)9-10-17(14)19(21)22/h9-13,15,18H,3-8H2,1-2H3. The predicted molar refractivity (Wildman–Crippen MR) is 97.1 cm³/mol. The molecule has 134 valence electrons. The Labute approximate surface area is 147 Å². The lowest BCUT2D eigenvalue weighted by Crippen LogP contribution is -2.33. The Morgan fingerprint density at radius 2 is 2.00 bits per heavy atom. The van der Waals surface area contributed by atoms with Gasteiger partial charge in [0.25, 0.3) is 5.56 Å². The number of ether oxygens (including phenoxy) is 2. The van der Waals surface area contributed by atoms with E-state index in [1.807, 2.05) is 19.1 Å². The highest BCUT2D eigenvalue weighted by Gasteiger charge is 2.25. The van der Waals surface area contributed by atoms with Crippen LogP contribution in [0.4, 0.5) is 0 Å². The van der Waals surface area contributed by atoms with Crippen LogP contribution in [0.5, 0.6) is 5.75 Å². The van der Waals surface area contributed by atoms with Gasteiger partial charge in [0.15, 0.2) is 0 Å². The monoisotopic (exact) mass is 343 g/mol. The SMILES string of the molecule is CCC(C(=O)OC1CCCCC1)n1ccc2cc(OC)ccc2c1=O.